The predicted octanol–water partition coefficient (Wildman–Crippen LogP) is 4.24. The molecule has 0 unspecified atom stereocenters. The third-order valence-corrected chi connectivity index (χ3v) is 5.91. The van der Waals surface area contributed by atoms with E-state index in [4.69, 9.17) is 16.0 Å². The first-order valence-electron chi connectivity index (χ1n) is 9.73. The van der Waals surface area contributed by atoms with Crippen LogP contribution >= 0.6 is 11.6 Å². The third-order valence-electron chi connectivity index (χ3n) is 5.51. The summed E-state index contributed by atoms with van der Waals surface area (Å²) < 4.78 is 5.93. The van der Waals surface area contributed by atoms with Crippen molar-refractivity contribution in [2.24, 2.45) is 0 Å². The first-order chi connectivity index (χ1) is 14.0. The van der Waals surface area contributed by atoms with E-state index in [2.05, 4.69) is 6.92 Å². The van der Waals surface area contributed by atoms with E-state index in [9.17, 15) is 14.7 Å². The molecule has 1 aliphatic rings. The topological polar surface area (TPSA) is 70.8 Å². The number of benzene rings is 2. The second kappa shape index (κ2) is 7.65. The van der Waals surface area contributed by atoms with Crippen molar-refractivity contribution in [3.05, 3.63) is 79.7 Å². The molecule has 0 spiro atoms. The van der Waals surface area contributed by atoms with Crippen molar-refractivity contribution in [1.82, 2.24) is 4.90 Å². The number of nitrogens with zero attached hydrogens (tertiary/aromatic N) is 1. The maximum Gasteiger partial charge on any atom is 0.290 e. The molecule has 0 bridgehead atoms. The van der Waals surface area contributed by atoms with E-state index in [-0.39, 0.29) is 23.7 Å². The summed E-state index contributed by atoms with van der Waals surface area (Å²) in [5.74, 6) is -0.253. The minimum absolute atomic E-state index is 0.0419. The monoisotopic (exact) mass is 411 g/mol. The molecule has 2 heterocycles. The van der Waals surface area contributed by atoms with Gasteiger partial charge in [-0.05, 0) is 48.6 Å². The van der Waals surface area contributed by atoms with Crippen molar-refractivity contribution >= 4 is 28.5 Å². The van der Waals surface area contributed by atoms with Gasteiger partial charge in [-0.15, -0.1) is 0 Å². The van der Waals surface area contributed by atoms with Gasteiger partial charge in [0.2, 0.25) is 5.76 Å². The minimum Gasteiger partial charge on any atom is -0.450 e. The molecule has 0 saturated heterocycles. The van der Waals surface area contributed by atoms with E-state index in [1.54, 1.807) is 17.0 Å². The Labute approximate surface area is 173 Å². The fourth-order valence-corrected chi connectivity index (χ4v) is 4.06. The van der Waals surface area contributed by atoms with Gasteiger partial charge >= 0.3 is 0 Å². The van der Waals surface area contributed by atoms with Crippen LogP contribution in [0, 0.1) is 6.92 Å². The van der Waals surface area contributed by atoms with Gasteiger partial charge in [-0.1, -0.05) is 42.8 Å². The molecule has 0 aliphatic carbocycles. The number of rotatable bonds is 5. The van der Waals surface area contributed by atoms with Crippen LogP contribution in [0.3, 0.4) is 0 Å². The van der Waals surface area contributed by atoms with Gasteiger partial charge in [-0.3, -0.25) is 9.59 Å². The smallest absolute Gasteiger partial charge is 0.290 e. The van der Waals surface area contributed by atoms with Crippen molar-refractivity contribution in [1.29, 1.82) is 0 Å². The summed E-state index contributed by atoms with van der Waals surface area (Å²) in [6.45, 7) is 4.18. The lowest BCUT2D eigenvalue weighted by molar-refractivity contribution is 0.0716. The minimum atomic E-state index is -0.546. The average molecular weight is 412 g/mol. The zero-order chi connectivity index (χ0) is 20.7. The molecule has 29 heavy (non-hydrogen) atoms. The van der Waals surface area contributed by atoms with E-state index in [1.165, 1.54) is 5.56 Å². The van der Waals surface area contributed by atoms with Gasteiger partial charge in [0, 0.05) is 18.2 Å². The Morgan fingerprint density at radius 2 is 1.90 bits per heavy atom. The summed E-state index contributed by atoms with van der Waals surface area (Å²) in [5, 5.41) is 10.1. The number of aryl methyl sites for hydroxylation is 2. The highest BCUT2D eigenvalue weighted by Gasteiger charge is 2.42. The fourth-order valence-electron chi connectivity index (χ4n) is 3.89. The van der Waals surface area contributed by atoms with Gasteiger partial charge in [0.15, 0.2) is 5.43 Å². The first-order valence-corrected chi connectivity index (χ1v) is 10.1. The van der Waals surface area contributed by atoms with Crippen LogP contribution in [0.1, 0.15) is 52.2 Å². The standard InChI is InChI=1S/C23H22ClNO4/c1-3-14-5-7-15(8-6-14)20-19-21(27)16-12-17(24)13(2)11-18(16)29-22(19)23(28)25(20)9-4-10-26/h5-8,11-12,20,26H,3-4,9-10H2,1-2H3/t20-/m1/s1. The molecule has 1 atom stereocenters. The van der Waals surface area contributed by atoms with Gasteiger partial charge < -0.3 is 14.4 Å². The first kappa shape index (κ1) is 19.7. The van der Waals surface area contributed by atoms with Crippen LogP contribution in [0.15, 0.2) is 45.6 Å². The second-order valence-corrected chi connectivity index (χ2v) is 7.75. The molecule has 1 N–H and O–H groups in total. The Morgan fingerprint density at radius 1 is 1.17 bits per heavy atom. The molecular weight excluding hydrogens is 390 g/mol. The molecular formula is C23H22ClNO4. The summed E-state index contributed by atoms with van der Waals surface area (Å²) in [6.07, 6.45) is 1.32. The summed E-state index contributed by atoms with van der Waals surface area (Å²) >= 11 is 6.24. The van der Waals surface area contributed by atoms with Crippen LogP contribution in [0.25, 0.3) is 11.0 Å². The van der Waals surface area contributed by atoms with Gasteiger partial charge in [0.1, 0.15) is 5.58 Å². The summed E-state index contributed by atoms with van der Waals surface area (Å²) in [7, 11) is 0. The van der Waals surface area contributed by atoms with Crippen molar-refractivity contribution in [3.8, 4) is 0 Å². The molecule has 4 rings (SSSR count). The predicted molar refractivity (Wildman–Crippen MR) is 113 cm³/mol. The summed E-state index contributed by atoms with van der Waals surface area (Å²) in [4.78, 5) is 28.2. The number of hydrogen-bond acceptors (Lipinski definition) is 4. The highest BCUT2D eigenvalue weighted by molar-refractivity contribution is 6.32. The zero-order valence-corrected chi connectivity index (χ0v) is 17.1. The largest absolute Gasteiger partial charge is 0.450 e. The maximum absolute atomic E-state index is 13.4. The third kappa shape index (κ3) is 3.24. The lowest BCUT2D eigenvalue weighted by Gasteiger charge is -2.25. The van der Waals surface area contributed by atoms with Crippen molar-refractivity contribution in [2.45, 2.75) is 32.7 Å². The summed E-state index contributed by atoms with van der Waals surface area (Å²) in [5.41, 5.74) is 3.24. The van der Waals surface area contributed by atoms with Crippen LogP contribution in [-0.4, -0.2) is 29.1 Å². The Hall–Kier alpha value is -2.63. The number of carbonyl (C=O) groups is 1. The molecule has 3 aromatic rings. The molecule has 1 aromatic heterocycles. The normalized spacial score (nSPS) is 15.9. The molecule has 2 aromatic carbocycles. The van der Waals surface area contributed by atoms with Crippen LogP contribution < -0.4 is 5.43 Å². The number of halogens is 1. The number of amides is 1. The van der Waals surface area contributed by atoms with E-state index in [0.29, 0.717) is 34.5 Å². The Kier molecular flexibility index (Phi) is 5.19. The molecule has 5 nitrogen and oxygen atoms in total. The van der Waals surface area contributed by atoms with Gasteiger partial charge in [0.05, 0.1) is 17.0 Å². The molecule has 0 fully saturated rings. The molecule has 0 saturated carbocycles. The second-order valence-electron chi connectivity index (χ2n) is 7.34. The molecule has 1 amide bonds. The molecule has 6 heteroatoms. The lowest BCUT2D eigenvalue weighted by Crippen LogP contribution is -2.31. The van der Waals surface area contributed by atoms with Crippen LogP contribution in [0.4, 0.5) is 0 Å². The molecule has 1 aliphatic heterocycles. The van der Waals surface area contributed by atoms with Crippen molar-refractivity contribution in [3.63, 3.8) is 0 Å². The average Bonchev–Trinajstić information content (AvgIpc) is 3.00. The highest BCUT2D eigenvalue weighted by Crippen LogP contribution is 2.38. The Morgan fingerprint density at radius 3 is 2.55 bits per heavy atom. The molecule has 0 radical (unpaired) electrons. The van der Waals surface area contributed by atoms with Crippen LogP contribution in [-0.2, 0) is 6.42 Å². The van der Waals surface area contributed by atoms with Crippen molar-refractivity contribution < 1.29 is 14.3 Å². The SMILES string of the molecule is CCc1ccc([C@@H]2c3c(oc4cc(C)c(Cl)cc4c3=O)C(=O)N2CCCO)cc1. The van der Waals surface area contributed by atoms with Gasteiger partial charge in [-0.25, -0.2) is 0 Å². The van der Waals surface area contributed by atoms with E-state index in [1.807, 2.05) is 31.2 Å². The van der Waals surface area contributed by atoms with Crippen LogP contribution in [0.5, 0.6) is 0 Å². The quantitative estimate of drug-likeness (QED) is 0.681. The van der Waals surface area contributed by atoms with Crippen molar-refractivity contribution in [2.75, 3.05) is 13.2 Å². The van der Waals surface area contributed by atoms with Gasteiger partial charge in [-0.2, -0.15) is 0 Å². The number of fused-ring (bicyclic) bond motifs is 2. The fraction of sp³-hybridized carbons (Fsp3) is 0.304. The Balaban J connectivity index is 1.95. The number of hydrogen-bond donors (Lipinski definition) is 1. The van der Waals surface area contributed by atoms with E-state index >= 15 is 0 Å². The maximum atomic E-state index is 13.4. The zero-order valence-electron chi connectivity index (χ0n) is 16.4. The van der Waals surface area contributed by atoms with E-state index < -0.39 is 6.04 Å². The number of aliphatic hydroxyl groups is 1. The van der Waals surface area contributed by atoms with Gasteiger partial charge in [0.25, 0.3) is 5.91 Å². The molecule has 150 valence electrons. The number of carbonyl (C=O) groups excluding carboxylic acids is 1. The Bertz CT molecular complexity index is 1150. The van der Waals surface area contributed by atoms with Crippen LogP contribution in [0.2, 0.25) is 5.02 Å². The lowest BCUT2D eigenvalue weighted by atomic mass is 9.97. The highest BCUT2D eigenvalue weighted by atomic mass is 35.5. The van der Waals surface area contributed by atoms with E-state index in [0.717, 1.165) is 17.5 Å². The summed E-state index contributed by atoms with van der Waals surface area (Å²) in [6, 6.07) is 10.7. The number of aliphatic hydroxyl groups excluding tert-OH is 1.